The van der Waals surface area contributed by atoms with Gasteiger partial charge in [0.05, 0.1) is 47.7 Å². The molecule has 2 fully saturated rings. The molecule has 8 heteroatoms. The maximum absolute atomic E-state index is 4.84. The van der Waals surface area contributed by atoms with E-state index in [0.717, 1.165) is 21.8 Å². The zero-order valence-corrected chi connectivity index (χ0v) is 31.8. The summed E-state index contributed by atoms with van der Waals surface area (Å²) in [4.78, 5) is 23.8. The first kappa shape index (κ1) is 32.9. The lowest BCUT2D eigenvalue weighted by Crippen LogP contribution is -2.38. The van der Waals surface area contributed by atoms with E-state index in [9.17, 15) is 0 Å². The minimum atomic E-state index is -2.02. The molecule has 0 saturated heterocycles. The van der Waals surface area contributed by atoms with Gasteiger partial charge in [0, 0.05) is 53.6 Å². The first-order valence-electron chi connectivity index (χ1n) is 18.8. The molecule has 51 heavy (non-hydrogen) atoms. The molecular formula is C43H47N6P2+. The summed E-state index contributed by atoms with van der Waals surface area (Å²) in [6.45, 7) is 2.65. The van der Waals surface area contributed by atoms with Gasteiger partial charge in [-0.2, -0.15) is 0 Å². The molecule has 9 rings (SSSR count). The third-order valence-electron chi connectivity index (χ3n) is 12.2. The Balaban J connectivity index is 1.43. The zero-order chi connectivity index (χ0) is 34.5. The number of benzene rings is 4. The van der Waals surface area contributed by atoms with Crippen LogP contribution < -0.4 is 31.0 Å². The maximum atomic E-state index is 4.84. The molecule has 2 aliphatic carbocycles. The monoisotopic (exact) mass is 709 g/mol. The summed E-state index contributed by atoms with van der Waals surface area (Å²) in [5.74, 6) is 0. The van der Waals surface area contributed by atoms with E-state index >= 15 is 0 Å². The van der Waals surface area contributed by atoms with Gasteiger partial charge in [0.25, 0.3) is 0 Å². The van der Waals surface area contributed by atoms with E-state index in [2.05, 4.69) is 113 Å². The van der Waals surface area contributed by atoms with Crippen LogP contribution in [0.3, 0.4) is 0 Å². The standard InChI is InChI=1S/C43H47N6P2/c1-48-36-18-10-12-20-40(36)50(32-14-6-4-7-15-32)41-22-30-26-44-28-46-34(30)24-38(41)49(2)39-25-35-31(27-45-29-47-35)23-43(39)51(3,33-16-8-5-9-17-33)42-21-13-11-19-37(42)48/h10-13,18-29,32-33H,4-9,14-17H2,1-3H3/q+1. The quantitative estimate of drug-likeness (QED) is 0.167. The molecule has 0 radical (unpaired) electrons. The highest BCUT2D eigenvalue weighted by Crippen LogP contribution is 2.65. The van der Waals surface area contributed by atoms with E-state index in [1.165, 1.54) is 108 Å². The summed E-state index contributed by atoms with van der Waals surface area (Å²) in [6, 6.07) is 28.4. The summed E-state index contributed by atoms with van der Waals surface area (Å²) in [7, 11) is 1.88. The van der Waals surface area contributed by atoms with Gasteiger partial charge in [-0.25, -0.2) is 19.9 Å². The van der Waals surface area contributed by atoms with Crippen LogP contribution in [0.15, 0.2) is 97.8 Å². The average Bonchev–Trinajstić information content (AvgIpc) is 3.20. The Morgan fingerprint density at radius 3 is 1.90 bits per heavy atom. The van der Waals surface area contributed by atoms with Crippen LogP contribution in [0.25, 0.3) is 21.8 Å². The van der Waals surface area contributed by atoms with Crippen LogP contribution in [-0.2, 0) is 0 Å². The highest BCUT2D eigenvalue weighted by molar-refractivity contribution is 7.90. The van der Waals surface area contributed by atoms with Crippen LogP contribution in [0.1, 0.15) is 64.2 Å². The highest BCUT2D eigenvalue weighted by Gasteiger charge is 2.50. The molecular weight excluding hydrogens is 662 g/mol. The van der Waals surface area contributed by atoms with Gasteiger partial charge < -0.3 is 9.80 Å². The number of nitrogens with zero attached hydrogens (tertiary/aromatic N) is 6. The van der Waals surface area contributed by atoms with Crippen molar-refractivity contribution in [3.8, 4) is 0 Å². The van der Waals surface area contributed by atoms with Gasteiger partial charge in [-0.05, 0) is 94.6 Å². The van der Waals surface area contributed by atoms with E-state index in [4.69, 9.17) is 9.97 Å². The zero-order valence-electron chi connectivity index (χ0n) is 30.0. The number of hydrogen-bond acceptors (Lipinski definition) is 6. The summed E-state index contributed by atoms with van der Waals surface area (Å²) in [6.07, 6.45) is 20.3. The number of rotatable bonds is 2. The predicted octanol–water partition coefficient (Wildman–Crippen LogP) is 9.12. The molecule has 3 heterocycles. The van der Waals surface area contributed by atoms with Crippen LogP contribution in [0.2, 0.25) is 0 Å². The molecule has 4 aromatic carbocycles. The van der Waals surface area contributed by atoms with Crippen molar-refractivity contribution in [2.45, 2.75) is 75.5 Å². The molecule has 6 aromatic rings. The predicted molar refractivity (Wildman–Crippen MR) is 220 cm³/mol. The van der Waals surface area contributed by atoms with E-state index < -0.39 is 15.2 Å². The second kappa shape index (κ2) is 13.5. The Morgan fingerprint density at radius 1 is 0.588 bits per heavy atom. The molecule has 258 valence electrons. The fourth-order valence-corrected chi connectivity index (χ4v) is 17.5. The van der Waals surface area contributed by atoms with Crippen LogP contribution in [0, 0.1) is 0 Å². The van der Waals surface area contributed by atoms with Crippen LogP contribution >= 0.6 is 15.2 Å². The first-order chi connectivity index (χ1) is 25.0. The van der Waals surface area contributed by atoms with Gasteiger partial charge in [0.2, 0.25) is 0 Å². The minimum Gasteiger partial charge on any atom is -0.341 e. The Labute approximate surface area is 303 Å². The number of aromatic nitrogens is 4. The maximum Gasteiger partial charge on any atom is 0.124 e. The molecule has 3 aliphatic rings. The van der Waals surface area contributed by atoms with Crippen molar-refractivity contribution in [2.24, 2.45) is 0 Å². The lowest BCUT2D eigenvalue weighted by molar-refractivity contribution is 0.511. The third kappa shape index (κ3) is 5.62. The molecule has 0 N–H and O–H groups in total. The van der Waals surface area contributed by atoms with Gasteiger partial charge in [0.1, 0.15) is 23.3 Å². The molecule has 2 aromatic heterocycles. The van der Waals surface area contributed by atoms with Crippen LogP contribution in [0.5, 0.6) is 0 Å². The van der Waals surface area contributed by atoms with Crippen molar-refractivity contribution in [3.05, 3.63) is 97.8 Å². The van der Waals surface area contributed by atoms with Gasteiger partial charge in [-0.1, -0.05) is 56.0 Å². The molecule has 0 amide bonds. The number of hydrogen-bond donors (Lipinski definition) is 0. The van der Waals surface area contributed by atoms with Crippen molar-refractivity contribution < 1.29 is 0 Å². The summed E-state index contributed by atoms with van der Waals surface area (Å²) in [5.41, 5.74) is 8.38. The van der Waals surface area contributed by atoms with E-state index in [1.807, 2.05) is 12.4 Å². The van der Waals surface area contributed by atoms with E-state index in [1.54, 1.807) is 12.7 Å². The van der Waals surface area contributed by atoms with Crippen molar-refractivity contribution in [2.75, 3.05) is 30.6 Å². The molecule has 0 bridgehead atoms. The topological polar surface area (TPSA) is 58.0 Å². The highest BCUT2D eigenvalue weighted by atomic mass is 31.2. The fraction of sp³-hybridized carbons (Fsp3) is 0.349. The molecule has 2 saturated carbocycles. The van der Waals surface area contributed by atoms with Gasteiger partial charge >= 0.3 is 0 Å². The van der Waals surface area contributed by atoms with Gasteiger partial charge in [-0.15, -0.1) is 0 Å². The van der Waals surface area contributed by atoms with Crippen molar-refractivity contribution in [1.29, 1.82) is 0 Å². The Morgan fingerprint density at radius 2 is 1.18 bits per heavy atom. The number of para-hydroxylation sites is 2. The van der Waals surface area contributed by atoms with Crippen LogP contribution in [0.4, 0.5) is 22.7 Å². The lowest BCUT2D eigenvalue weighted by atomic mass is 10.0. The van der Waals surface area contributed by atoms with Crippen molar-refractivity contribution >= 4 is 81.0 Å². The Kier molecular flexibility index (Phi) is 8.73. The average molecular weight is 710 g/mol. The van der Waals surface area contributed by atoms with E-state index in [0.29, 0.717) is 11.3 Å². The molecule has 2 atom stereocenters. The smallest absolute Gasteiger partial charge is 0.124 e. The fourth-order valence-electron chi connectivity index (χ4n) is 9.45. The molecule has 6 nitrogen and oxygen atoms in total. The number of anilines is 4. The summed E-state index contributed by atoms with van der Waals surface area (Å²) >= 11 is 0. The summed E-state index contributed by atoms with van der Waals surface area (Å²) < 4.78 is 0. The SMILES string of the molecule is CN1c2ccccc2P(C2CCCCC2)c2cc3cncnc3cc2N(C)c2cc3ncncc3cc2[P+](C)(C2CCCCC2)c2ccccc21. The van der Waals surface area contributed by atoms with Crippen molar-refractivity contribution in [1.82, 2.24) is 19.9 Å². The van der Waals surface area contributed by atoms with E-state index in [-0.39, 0.29) is 0 Å². The third-order valence-corrected chi connectivity index (χ3v) is 19.9. The van der Waals surface area contributed by atoms with Gasteiger partial charge in [0.15, 0.2) is 0 Å². The van der Waals surface area contributed by atoms with Crippen molar-refractivity contribution in [3.63, 3.8) is 0 Å². The number of fused-ring (bicyclic) bond motifs is 6. The largest absolute Gasteiger partial charge is 0.341 e. The van der Waals surface area contributed by atoms with Gasteiger partial charge in [-0.3, -0.25) is 0 Å². The molecule has 2 unspecified atom stereocenters. The van der Waals surface area contributed by atoms with Crippen LogP contribution in [-0.4, -0.2) is 52.0 Å². The Bertz CT molecular complexity index is 2230. The summed E-state index contributed by atoms with van der Waals surface area (Å²) in [5, 5.41) is 8.11. The lowest BCUT2D eigenvalue weighted by Gasteiger charge is -2.41. The normalized spacial score (nSPS) is 21.7. The minimum absolute atomic E-state index is 0.594. The first-order valence-corrected chi connectivity index (χ1v) is 22.5. The molecule has 0 spiro atoms. The Hall–Kier alpha value is -3.98. The second-order valence-corrected chi connectivity index (χ2v) is 21.2. The second-order valence-electron chi connectivity index (χ2n) is 15.0. The molecule has 1 aliphatic heterocycles.